The van der Waals surface area contributed by atoms with Gasteiger partial charge in [0.15, 0.2) is 0 Å². The number of halogens is 2. The molecule has 0 amide bonds. The molecule has 0 nitrogen and oxygen atoms in total. The van der Waals surface area contributed by atoms with E-state index in [0.717, 1.165) is 6.42 Å². The predicted octanol–water partition coefficient (Wildman–Crippen LogP) is -0.916. The first-order valence-electron chi connectivity index (χ1n) is 7.66. The Bertz CT molecular complexity index is 760. The molecule has 0 bridgehead atoms. The van der Waals surface area contributed by atoms with Gasteiger partial charge in [-0.2, -0.15) is 0 Å². The number of rotatable bonds is 1. The van der Waals surface area contributed by atoms with Gasteiger partial charge in [-0.05, 0) is 12.3 Å². The van der Waals surface area contributed by atoms with E-state index in [0.29, 0.717) is 5.92 Å². The number of hydrogen-bond donors (Lipinski definition) is 0. The van der Waals surface area contributed by atoms with E-state index in [-0.39, 0.29) is 24.8 Å². The first kappa shape index (κ1) is 21.3. The Balaban J connectivity index is 0.000000438. The smallest absolute Gasteiger partial charge is 0.0176 e. The molecule has 0 saturated heterocycles. The summed E-state index contributed by atoms with van der Waals surface area (Å²) in [5.74, 6) is 0.417. The second-order valence-electron chi connectivity index (χ2n) is 5.90. The first-order chi connectivity index (χ1) is 10.7. The zero-order chi connectivity index (χ0) is 15.5. The van der Waals surface area contributed by atoms with E-state index in [1.54, 1.807) is 24.2 Å². The van der Waals surface area contributed by atoms with Crippen LogP contribution in [0.1, 0.15) is 42.9 Å². The Morgan fingerprint density at radius 2 is 1.88 bits per heavy atom. The minimum absolute atomic E-state index is 0. The quantitative estimate of drug-likeness (QED) is 0.503. The average Bonchev–Trinajstić information content (AvgIpc) is 3.14. The molecule has 0 fully saturated rings. The van der Waals surface area contributed by atoms with Crippen LogP contribution in [0.25, 0.3) is 5.57 Å². The van der Waals surface area contributed by atoms with Gasteiger partial charge in [-0.25, -0.2) is 0 Å². The van der Waals surface area contributed by atoms with Gasteiger partial charge in [0.1, 0.15) is 0 Å². The molecule has 1 unspecified atom stereocenters. The summed E-state index contributed by atoms with van der Waals surface area (Å²) in [6.45, 7) is 4.25. The maximum Gasteiger partial charge on any atom is -0.0176 e. The van der Waals surface area contributed by atoms with Crippen molar-refractivity contribution in [2.24, 2.45) is 0 Å². The molecule has 0 heterocycles. The van der Waals surface area contributed by atoms with Crippen LogP contribution in [0.15, 0.2) is 66.3 Å². The van der Waals surface area contributed by atoms with Crippen molar-refractivity contribution in [3.8, 4) is 0 Å². The van der Waals surface area contributed by atoms with Gasteiger partial charge < -0.3 is 24.8 Å². The second-order valence-corrected chi connectivity index (χ2v) is 8.35. The SMILES string of the molecule is C[C](C)=[Zr+2].[C-]1=C2C=CC=CC2c2cccc(C3=CC=CC3)c21.[Cl-].[Cl-]. The van der Waals surface area contributed by atoms with Crippen molar-refractivity contribution >= 4 is 8.78 Å². The normalized spacial score (nSPS) is 18.2. The molecule has 0 saturated carbocycles. The van der Waals surface area contributed by atoms with E-state index >= 15 is 0 Å². The van der Waals surface area contributed by atoms with Crippen molar-refractivity contribution in [2.75, 3.05) is 0 Å². The molecule has 122 valence electrons. The molecule has 24 heavy (non-hydrogen) atoms. The standard InChI is InChI=1S/C18H13.C3H6.2ClH.Zr/c1-2-7-13(6-1)15-10-5-11-17-16-9-4-3-8-14(16)12-18(15)17;1-3-2;;;/h1-6,8-11,16H,7H2;1-2H3;2*1H;/q-1;;;;+2/p-2. The summed E-state index contributed by atoms with van der Waals surface area (Å²) in [6, 6.07) is 6.62. The zero-order valence-corrected chi connectivity index (χ0v) is 17.8. The molecule has 3 aliphatic rings. The molecule has 0 N–H and O–H groups in total. The van der Waals surface area contributed by atoms with Crippen molar-refractivity contribution in [3.63, 3.8) is 0 Å². The maximum absolute atomic E-state index is 3.59. The van der Waals surface area contributed by atoms with Crippen molar-refractivity contribution in [1.82, 2.24) is 0 Å². The van der Waals surface area contributed by atoms with Gasteiger partial charge in [0, 0.05) is 0 Å². The fourth-order valence-corrected chi connectivity index (χ4v) is 2.96. The predicted molar refractivity (Wildman–Crippen MR) is 91.4 cm³/mol. The van der Waals surface area contributed by atoms with Crippen LogP contribution in [0.5, 0.6) is 0 Å². The summed E-state index contributed by atoms with van der Waals surface area (Å²) in [6.07, 6.45) is 19.9. The fraction of sp³-hybridized carbons (Fsp3) is 0.190. The summed E-state index contributed by atoms with van der Waals surface area (Å²) < 4.78 is 1.51. The summed E-state index contributed by atoms with van der Waals surface area (Å²) in [7, 11) is 0. The molecule has 0 spiro atoms. The van der Waals surface area contributed by atoms with E-state index in [9.17, 15) is 0 Å². The van der Waals surface area contributed by atoms with E-state index in [4.69, 9.17) is 0 Å². The minimum atomic E-state index is 0. The molecular formula is C21H19Cl2Zr-. The number of allylic oxidation sites excluding steroid dienone is 9. The number of hydrogen-bond acceptors (Lipinski definition) is 0. The summed E-state index contributed by atoms with van der Waals surface area (Å²) in [4.78, 5) is 0. The maximum atomic E-state index is 3.59. The third kappa shape index (κ3) is 4.66. The van der Waals surface area contributed by atoms with Crippen molar-refractivity contribution in [3.05, 3.63) is 89.1 Å². The Morgan fingerprint density at radius 1 is 1.12 bits per heavy atom. The van der Waals surface area contributed by atoms with E-state index < -0.39 is 0 Å². The van der Waals surface area contributed by atoms with Crippen molar-refractivity contribution in [1.29, 1.82) is 0 Å². The first-order valence-corrected chi connectivity index (χ1v) is 8.89. The molecular weight excluding hydrogens is 414 g/mol. The average molecular weight is 434 g/mol. The molecule has 0 aromatic heterocycles. The molecule has 4 rings (SSSR count). The van der Waals surface area contributed by atoms with Crippen LogP contribution in [0.3, 0.4) is 0 Å². The van der Waals surface area contributed by atoms with Crippen molar-refractivity contribution in [2.45, 2.75) is 26.2 Å². The second kappa shape index (κ2) is 9.66. The Hall–Kier alpha value is -0.747. The molecule has 3 heteroatoms. The monoisotopic (exact) mass is 431 g/mol. The zero-order valence-electron chi connectivity index (χ0n) is 13.8. The van der Waals surface area contributed by atoms with Crippen LogP contribution < -0.4 is 24.8 Å². The topological polar surface area (TPSA) is 0 Å². The van der Waals surface area contributed by atoms with Gasteiger partial charge in [-0.3, -0.25) is 0 Å². The third-order valence-corrected chi connectivity index (χ3v) is 3.84. The van der Waals surface area contributed by atoms with Gasteiger partial charge in [-0.15, -0.1) is 41.0 Å². The van der Waals surface area contributed by atoms with Crippen LogP contribution >= 0.6 is 0 Å². The molecule has 0 aliphatic heterocycles. The molecule has 1 aromatic carbocycles. The Morgan fingerprint density at radius 3 is 2.54 bits per heavy atom. The summed E-state index contributed by atoms with van der Waals surface area (Å²) in [5.41, 5.74) is 6.75. The van der Waals surface area contributed by atoms with Crippen LogP contribution in [0, 0.1) is 6.08 Å². The molecule has 0 radical (unpaired) electrons. The van der Waals surface area contributed by atoms with Gasteiger partial charge in [0.05, 0.1) is 0 Å². The Labute approximate surface area is 172 Å². The number of fused-ring (bicyclic) bond motifs is 3. The van der Waals surface area contributed by atoms with E-state index in [1.807, 2.05) is 0 Å². The van der Waals surface area contributed by atoms with Gasteiger partial charge in [0.25, 0.3) is 0 Å². The minimum Gasteiger partial charge on any atom is -1.00 e. The number of benzene rings is 1. The third-order valence-electron chi connectivity index (χ3n) is 3.84. The molecule has 1 atom stereocenters. The van der Waals surface area contributed by atoms with Crippen LogP contribution in [0.4, 0.5) is 0 Å². The van der Waals surface area contributed by atoms with E-state index in [1.165, 1.54) is 31.0 Å². The molecule has 1 aromatic rings. The largest absolute Gasteiger partial charge is 1.00 e. The van der Waals surface area contributed by atoms with Crippen LogP contribution in [-0.2, 0) is 24.2 Å². The van der Waals surface area contributed by atoms with Crippen LogP contribution in [-0.4, -0.2) is 3.21 Å². The fourth-order valence-electron chi connectivity index (χ4n) is 2.96. The van der Waals surface area contributed by atoms with E-state index in [2.05, 4.69) is 80.7 Å². The van der Waals surface area contributed by atoms with Gasteiger partial charge >= 0.3 is 41.3 Å². The van der Waals surface area contributed by atoms with Crippen molar-refractivity contribution < 1.29 is 49.0 Å². The van der Waals surface area contributed by atoms with Crippen LogP contribution in [0.2, 0.25) is 0 Å². The molecule has 3 aliphatic carbocycles. The van der Waals surface area contributed by atoms with Gasteiger partial charge in [0.2, 0.25) is 0 Å². The summed E-state index contributed by atoms with van der Waals surface area (Å²) in [5, 5.41) is 0. The Kier molecular flexibility index (Phi) is 8.57. The summed E-state index contributed by atoms with van der Waals surface area (Å²) >= 11 is 1.55. The van der Waals surface area contributed by atoms with Gasteiger partial charge in [-0.1, -0.05) is 53.6 Å².